The number of hydrogen-bond acceptors (Lipinski definition) is 6. The molecule has 0 bridgehead atoms. The van der Waals surface area contributed by atoms with Crippen LogP contribution in [-0.4, -0.2) is 38.1 Å². The molecule has 2 rings (SSSR count). The normalized spacial score (nSPS) is 17.0. The standard InChI is InChI=1S/C21H28N2O4/c1-5-27-21(25)20-17(12-26-11-10-22)23-14(3)18(15(4)24)19(20)16-9-7-6-8-13(16)2/h6-9,19,23H,5,10-12,22H2,1-4H3. The third kappa shape index (κ3) is 4.64. The minimum absolute atomic E-state index is 0.0861. The monoisotopic (exact) mass is 372 g/mol. The van der Waals surface area contributed by atoms with Gasteiger partial charge < -0.3 is 20.5 Å². The second-order valence-corrected chi connectivity index (χ2v) is 6.46. The molecule has 1 atom stereocenters. The number of carbonyl (C=O) groups is 2. The highest BCUT2D eigenvalue weighted by Gasteiger charge is 2.37. The summed E-state index contributed by atoms with van der Waals surface area (Å²) in [4.78, 5) is 25.4. The number of hydrogen-bond donors (Lipinski definition) is 2. The minimum atomic E-state index is -0.500. The highest BCUT2D eigenvalue weighted by molar-refractivity contribution is 6.02. The van der Waals surface area contributed by atoms with Crippen molar-refractivity contribution in [3.63, 3.8) is 0 Å². The summed E-state index contributed by atoms with van der Waals surface area (Å²) in [5.41, 5.74) is 9.72. The Hall–Kier alpha value is -2.44. The van der Waals surface area contributed by atoms with E-state index in [-0.39, 0.29) is 19.0 Å². The van der Waals surface area contributed by atoms with E-state index in [0.29, 0.717) is 30.0 Å². The van der Waals surface area contributed by atoms with Gasteiger partial charge in [-0.3, -0.25) is 4.79 Å². The van der Waals surface area contributed by atoms with Crippen molar-refractivity contribution in [1.82, 2.24) is 5.32 Å². The van der Waals surface area contributed by atoms with E-state index in [0.717, 1.165) is 16.8 Å². The van der Waals surface area contributed by atoms with Gasteiger partial charge in [0.25, 0.3) is 0 Å². The second kappa shape index (κ2) is 9.48. The summed E-state index contributed by atoms with van der Waals surface area (Å²) < 4.78 is 10.9. The molecule has 0 aromatic heterocycles. The fourth-order valence-electron chi connectivity index (χ4n) is 3.41. The van der Waals surface area contributed by atoms with Crippen LogP contribution in [0.25, 0.3) is 0 Å². The molecule has 0 amide bonds. The molecule has 1 unspecified atom stereocenters. The predicted molar refractivity (Wildman–Crippen MR) is 104 cm³/mol. The van der Waals surface area contributed by atoms with E-state index in [1.165, 1.54) is 6.92 Å². The molecule has 0 saturated heterocycles. The number of allylic oxidation sites excluding steroid dienone is 2. The van der Waals surface area contributed by atoms with Crippen LogP contribution in [0.5, 0.6) is 0 Å². The van der Waals surface area contributed by atoms with Crippen molar-refractivity contribution >= 4 is 11.8 Å². The summed E-state index contributed by atoms with van der Waals surface area (Å²) >= 11 is 0. The number of ketones is 1. The zero-order chi connectivity index (χ0) is 20.0. The lowest BCUT2D eigenvalue weighted by molar-refractivity contribution is -0.138. The Labute approximate surface area is 160 Å². The molecule has 1 aliphatic heterocycles. The molecule has 6 heteroatoms. The maximum absolute atomic E-state index is 12.9. The van der Waals surface area contributed by atoms with Crippen molar-refractivity contribution in [2.24, 2.45) is 5.73 Å². The van der Waals surface area contributed by atoms with Gasteiger partial charge in [-0.2, -0.15) is 0 Å². The van der Waals surface area contributed by atoms with Gasteiger partial charge in [-0.25, -0.2) is 4.79 Å². The minimum Gasteiger partial charge on any atom is -0.463 e. The van der Waals surface area contributed by atoms with Gasteiger partial charge in [0.1, 0.15) is 0 Å². The number of nitrogens with one attached hydrogen (secondary N) is 1. The number of esters is 1. The van der Waals surface area contributed by atoms with Gasteiger partial charge >= 0.3 is 5.97 Å². The molecular weight excluding hydrogens is 344 g/mol. The third-order valence-corrected chi connectivity index (χ3v) is 4.53. The Morgan fingerprint density at radius 2 is 1.89 bits per heavy atom. The van der Waals surface area contributed by atoms with Crippen LogP contribution in [0.15, 0.2) is 46.8 Å². The van der Waals surface area contributed by atoms with Crippen molar-refractivity contribution in [1.29, 1.82) is 0 Å². The smallest absolute Gasteiger partial charge is 0.336 e. The molecule has 0 spiro atoms. The largest absolute Gasteiger partial charge is 0.463 e. The van der Waals surface area contributed by atoms with Crippen LogP contribution in [0.4, 0.5) is 0 Å². The first-order valence-corrected chi connectivity index (χ1v) is 9.14. The molecule has 1 aliphatic rings. The lowest BCUT2D eigenvalue weighted by Gasteiger charge is -2.32. The molecular formula is C21H28N2O4. The van der Waals surface area contributed by atoms with Crippen LogP contribution in [-0.2, 0) is 19.1 Å². The van der Waals surface area contributed by atoms with Crippen LogP contribution in [0.3, 0.4) is 0 Å². The molecule has 1 aromatic carbocycles. The maximum atomic E-state index is 12.9. The molecule has 0 radical (unpaired) electrons. The molecule has 0 saturated carbocycles. The topological polar surface area (TPSA) is 90.7 Å². The van der Waals surface area contributed by atoms with Gasteiger partial charge in [-0.15, -0.1) is 0 Å². The van der Waals surface area contributed by atoms with Gasteiger partial charge in [0.15, 0.2) is 5.78 Å². The number of carbonyl (C=O) groups excluding carboxylic acids is 2. The number of benzene rings is 1. The van der Waals surface area contributed by atoms with Gasteiger partial charge in [0.2, 0.25) is 0 Å². The van der Waals surface area contributed by atoms with Crippen molar-refractivity contribution < 1.29 is 19.1 Å². The van der Waals surface area contributed by atoms with Crippen molar-refractivity contribution in [3.05, 3.63) is 57.9 Å². The number of dihydropyridines is 1. The van der Waals surface area contributed by atoms with E-state index in [2.05, 4.69) is 5.32 Å². The second-order valence-electron chi connectivity index (χ2n) is 6.46. The average molecular weight is 372 g/mol. The quantitative estimate of drug-likeness (QED) is 0.538. The van der Waals surface area contributed by atoms with Gasteiger partial charge in [0, 0.05) is 23.7 Å². The lowest BCUT2D eigenvalue weighted by atomic mass is 9.77. The number of rotatable bonds is 8. The van der Waals surface area contributed by atoms with Crippen molar-refractivity contribution in [2.45, 2.75) is 33.6 Å². The number of aryl methyl sites for hydroxylation is 1. The van der Waals surface area contributed by atoms with E-state index in [1.54, 1.807) is 6.92 Å². The maximum Gasteiger partial charge on any atom is 0.336 e. The molecule has 27 heavy (non-hydrogen) atoms. The molecule has 3 N–H and O–H groups in total. The van der Waals surface area contributed by atoms with Crippen LogP contribution in [0, 0.1) is 6.92 Å². The summed E-state index contributed by atoms with van der Waals surface area (Å²) in [6.45, 7) is 8.29. The van der Waals surface area contributed by atoms with Crippen molar-refractivity contribution in [2.75, 3.05) is 26.4 Å². The first kappa shape index (κ1) is 20.9. The highest BCUT2D eigenvalue weighted by atomic mass is 16.5. The van der Waals surface area contributed by atoms with E-state index in [9.17, 15) is 9.59 Å². The Morgan fingerprint density at radius 1 is 1.19 bits per heavy atom. The molecule has 6 nitrogen and oxygen atoms in total. The molecule has 1 aromatic rings. The van der Waals surface area contributed by atoms with Gasteiger partial charge in [-0.05, 0) is 38.8 Å². The Morgan fingerprint density at radius 3 is 2.48 bits per heavy atom. The van der Waals surface area contributed by atoms with E-state index < -0.39 is 11.9 Å². The van der Waals surface area contributed by atoms with E-state index >= 15 is 0 Å². The highest BCUT2D eigenvalue weighted by Crippen LogP contribution is 2.40. The first-order valence-electron chi connectivity index (χ1n) is 9.14. The van der Waals surface area contributed by atoms with Crippen LogP contribution in [0.2, 0.25) is 0 Å². The zero-order valence-electron chi connectivity index (χ0n) is 16.4. The van der Waals surface area contributed by atoms with Crippen LogP contribution < -0.4 is 11.1 Å². The van der Waals surface area contributed by atoms with Gasteiger partial charge in [0.05, 0.1) is 31.1 Å². The summed E-state index contributed by atoms with van der Waals surface area (Å²) in [5, 5.41) is 3.19. The average Bonchev–Trinajstić information content (AvgIpc) is 2.61. The Balaban J connectivity index is 2.65. The number of nitrogens with two attached hydrogens (primary N) is 1. The number of ether oxygens (including phenoxy) is 2. The van der Waals surface area contributed by atoms with Crippen LogP contribution >= 0.6 is 0 Å². The summed E-state index contributed by atoms with van der Waals surface area (Å²) in [5.74, 6) is -1.03. The molecule has 0 aliphatic carbocycles. The van der Waals surface area contributed by atoms with Gasteiger partial charge in [-0.1, -0.05) is 24.3 Å². The summed E-state index contributed by atoms with van der Waals surface area (Å²) in [7, 11) is 0. The lowest BCUT2D eigenvalue weighted by Crippen LogP contribution is -2.34. The Kier molecular flexibility index (Phi) is 7.33. The summed E-state index contributed by atoms with van der Waals surface area (Å²) in [6, 6.07) is 7.75. The van der Waals surface area contributed by atoms with E-state index in [4.69, 9.17) is 15.2 Å². The predicted octanol–water partition coefficient (Wildman–Crippen LogP) is 2.34. The summed E-state index contributed by atoms with van der Waals surface area (Å²) in [6.07, 6.45) is 0. The zero-order valence-corrected chi connectivity index (χ0v) is 16.4. The molecule has 1 heterocycles. The third-order valence-electron chi connectivity index (χ3n) is 4.53. The number of Topliss-reactive ketones (excluding diaryl/α,β-unsaturated/α-hetero) is 1. The first-order chi connectivity index (χ1) is 12.9. The van der Waals surface area contributed by atoms with Crippen molar-refractivity contribution in [3.8, 4) is 0 Å². The Bertz CT molecular complexity index is 780. The fourth-order valence-corrected chi connectivity index (χ4v) is 3.41. The van der Waals surface area contributed by atoms with E-state index in [1.807, 2.05) is 38.1 Å². The SMILES string of the molecule is CCOC(=O)C1=C(COCCN)NC(C)=C(C(C)=O)C1c1ccccc1C. The molecule has 0 fully saturated rings. The van der Waals surface area contributed by atoms with Crippen LogP contribution in [0.1, 0.15) is 37.8 Å². The molecule has 146 valence electrons. The fraction of sp³-hybridized carbons (Fsp3) is 0.429.